The second-order valence-corrected chi connectivity index (χ2v) is 11.4. The Hall–Kier alpha value is -3.39. The van der Waals surface area contributed by atoms with Gasteiger partial charge in [0.05, 0.1) is 10.6 Å². The molecular weight excluding hydrogens is 506 g/mol. The number of hydrogen-bond acceptors (Lipinski definition) is 4. The Morgan fingerprint density at radius 1 is 0.865 bits per heavy atom. The maximum Gasteiger partial charge on any atom is 0.261 e. The van der Waals surface area contributed by atoms with Crippen LogP contribution in [0.5, 0.6) is 0 Å². The van der Waals surface area contributed by atoms with Gasteiger partial charge >= 0.3 is 0 Å². The molecule has 0 atom stereocenters. The highest BCUT2D eigenvalue weighted by Crippen LogP contribution is 2.27. The van der Waals surface area contributed by atoms with Gasteiger partial charge < -0.3 is 5.32 Å². The van der Waals surface area contributed by atoms with Gasteiger partial charge in [0.15, 0.2) is 0 Å². The molecule has 0 spiro atoms. The normalized spacial score (nSPS) is 14.9. The first kappa shape index (κ1) is 25.3. The van der Waals surface area contributed by atoms with E-state index in [1.807, 2.05) is 60.7 Å². The van der Waals surface area contributed by atoms with Crippen molar-refractivity contribution in [3.8, 4) is 0 Å². The van der Waals surface area contributed by atoms with E-state index in [-0.39, 0.29) is 16.7 Å². The molecule has 1 amide bonds. The van der Waals surface area contributed by atoms with E-state index in [1.54, 1.807) is 18.2 Å². The van der Waals surface area contributed by atoms with Crippen molar-refractivity contribution in [1.29, 1.82) is 0 Å². The number of likely N-dealkylation sites (tertiary alicyclic amines) is 1. The minimum absolute atomic E-state index is 0.0399. The number of amides is 1. The van der Waals surface area contributed by atoms with Crippen LogP contribution >= 0.6 is 11.6 Å². The predicted octanol–water partition coefficient (Wildman–Crippen LogP) is 6.14. The predicted molar refractivity (Wildman–Crippen MR) is 149 cm³/mol. The molecule has 0 unspecified atom stereocenters. The van der Waals surface area contributed by atoms with Gasteiger partial charge in [-0.15, -0.1) is 0 Å². The highest BCUT2D eigenvalue weighted by atomic mass is 35.5. The summed E-state index contributed by atoms with van der Waals surface area (Å²) in [5, 5.41) is 5.49. The number of halogens is 1. The van der Waals surface area contributed by atoms with Crippen LogP contribution < -0.4 is 10.0 Å². The van der Waals surface area contributed by atoms with Crippen molar-refractivity contribution in [2.75, 3.05) is 23.1 Å². The van der Waals surface area contributed by atoms with Gasteiger partial charge in [-0.05, 0) is 73.3 Å². The molecule has 0 aromatic heterocycles. The van der Waals surface area contributed by atoms with E-state index in [1.165, 1.54) is 12.1 Å². The lowest BCUT2D eigenvalue weighted by molar-refractivity contribution is -0.121. The number of benzene rings is 4. The van der Waals surface area contributed by atoms with Gasteiger partial charge in [-0.1, -0.05) is 66.2 Å². The first-order chi connectivity index (χ1) is 17.9. The molecule has 1 heterocycles. The molecule has 2 N–H and O–H groups in total. The van der Waals surface area contributed by atoms with E-state index >= 15 is 0 Å². The Morgan fingerprint density at radius 2 is 1.54 bits per heavy atom. The number of piperidine rings is 1. The maximum absolute atomic E-state index is 13.0. The molecule has 5 rings (SSSR count). The lowest BCUT2D eigenvalue weighted by Crippen LogP contribution is -2.37. The zero-order chi connectivity index (χ0) is 25.8. The number of rotatable bonds is 7. The van der Waals surface area contributed by atoms with Crippen molar-refractivity contribution >= 4 is 49.7 Å². The number of hydrogen-bond donors (Lipinski definition) is 2. The fourth-order valence-corrected chi connectivity index (χ4v) is 5.98. The van der Waals surface area contributed by atoms with E-state index in [4.69, 9.17) is 11.6 Å². The molecule has 0 radical (unpaired) electrons. The van der Waals surface area contributed by atoms with Crippen molar-refractivity contribution < 1.29 is 13.2 Å². The van der Waals surface area contributed by atoms with E-state index in [2.05, 4.69) is 14.9 Å². The van der Waals surface area contributed by atoms with Crippen LogP contribution in [0.4, 0.5) is 11.4 Å². The summed E-state index contributed by atoms with van der Waals surface area (Å²) in [6, 6.07) is 27.2. The van der Waals surface area contributed by atoms with E-state index < -0.39 is 10.0 Å². The van der Waals surface area contributed by atoms with E-state index in [9.17, 15) is 13.2 Å². The first-order valence-electron chi connectivity index (χ1n) is 12.3. The summed E-state index contributed by atoms with van der Waals surface area (Å²) in [6.45, 7) is 2.41. The zero-order valence-corrected chi connectivity index (χ0v) is 21.8. The Balaban J connectivity index is 1.18. The van der Waals surface area contributed by atoms with Gasteiger partial charge in [-0.25, -0.2) is 8.42 Å². The molecule has 1 aliphatic rings. The van der Waals surface area contributed by atoms with Gasteiger partial charge in [0.25, 0.3) is 10.0 Å². The minimum Gasteiger partial charge on any atom is -0.326 e. The van der Waals surface area contributed by atoms with Crippen LogP contribution in [0.15, 0.2) is 95.9 Å². The number of carbonyl (C=O) groups is 1. The van der Waals surface area contributed by atoms with Crippen molar-refractivity contribution in [3.63, 3.8) is 0 Å². The van der Waals surface area contributed by atoms with Crippen molar-refractivity contribution in [3.05, 3.63) is 102 Å². The number of nitrogens with zero attached hydrogens (tertiary/aromatic N) is 1. The summed E-state index contributed by atoms with van der Waals surface area (Å²) in [5.74, 6) is -0.124. The molecule has 1 fully saturated rings. The van der Waals surface area contributed by atoms with Crippen molar-refractivity contribution in [2.45, 2.75) is 24.3 Å². The van der Waals surface area contributed by atoms with E-state index in [0.29, 0.717) is 11.4 Å². The monoisotopic (exact) mass is 533 g/mol. The molecule has 0 bridgehead atoms. The molecule has 6 nitrogen and oxygen atoms in total. The van der Waals surface area contributed by atoms with Crippen LogP contribution in [0.2, 0.25) is 5.02 Å². The molecule has 37 heavy (non-hydrogen) atoms. The third kappa shape index (κ3) is 5.96. The minimum atomic E-state index is -3.78. The van der Waals surface area contributed by atoms with Gasteiger partial charge in [0.1, 0.15) is 0 Å². The van der Waals surface area contributed by atoms with Crippen LogP contribution in [0.3, 0.4) is 0 Å². The summed E-state index contributed by atoms with van der Waals surface area (Å²) >= 11 is 6.28. The van der Waals surface area contributed by atoms with Crippen LogP contribution in [0.1, 0.15) is 18.4 Å². The number of carbonyl (C=O) groups excluding carboxylic acids is 1. The summed E-state index contributed by atoms with van der Waals surface area (Å²) in [7, 11) is -3.78. The lowest BCUT2D eigenvalue weighted by atomic mass is 9.95. The molecule has 4 aromatic carbocycles. The number of anilines is 2. The molecule has 0 saturated carbocycles. The largest absolute Gasteiger partial charge is 0.326 e. The molecule has 1 aliphatic heterocycles. The topological polar surface area (TPSA) is 78.5 Å². The molecule has 4 aromatic rings. The zero-order valence-electron chi connectivity index (χ0n) is 20.2. The summed E-state index contributed by atoms with van der Waals surface area (Å²) in [4.78, 5) is 15.3. The van der Waals surface area contributed by atoms with Crippen LogP contribution in [-0.4, -0.2) is 32.3 Å². The summed E-state index contributed by atoms with van der Waals surface area (Å²) < 4.78 is 28.7. The van der Waals surface area contributed by atoms with Crippen LogP contribution in [-0.2, 0) is 21.4 Å². The second-order valence-electron chi connectivity index (χ2n) is 9.29. The molecule has 8 heteroatoms. The quantitative estimate of drug-likeness (QED) is 0.299. The van der Waals surface area contributed by atoms with Crippen LogP contribution in [0, 0.1) is 5.92 Å². The standard InChI is InChI=1S/C29H28ClN3O3S/c30-27-10-4-2-7-23(27)20-33-18-16-22(17-19-33)29(34)31-24-12-14-25(15-13-24)37(35,36)32-28-11-5-8-21-6-1-3-9-26(21)28/h1-15,22,32H,16-20H2,(H,31,34). The van der Waals surface area contributed by atoms with Gasteiger partial charge in [-0.3, -0.25) is 14.4 Å². The SMILES string of the molecule is O=C(Nc1ccc(S(=O)(=O)Nc2cccc3ccccc23)cc1)C1CCN(Cc2ccccc2Cl)CC1. The van der Waals surface area contributed by atoms with E-state index in [0.717, 1.165) is 53.8 Å². The van der Waals surface area contributed by atoms with Crippen molar-refractivity contribution in [1.82, 2.24) is 4.90 Å². The molecule has 0 aliphatic carbocycles. The van der Waals surface area contributed by atoms with Gasteiger partial charge in [-0.2, -0.15) is 0 Å². The average Bonchev–Trinajstić information content (AvgIpc) is 2.91. The Kier molecular flexibility index (Phi) is 7.46. The third-order valence-corrected chi connectivity index (χ3v) is 8.53. The summed E-state index contributed by atoms with van der Waals surface area (Å²) in [5.41, 5.74) is 2.20. The Bertz CT molecular complexity index is 1510. The van der Waals surface area contributed by atoms with Crippen molar-refractivity contribution in [2.24, 2.45) is 5.92 Å². The molecule has 1 saturated heterocycles. The highest BCUT2D eigenvalue weighted by Gasteiger charge is 2.25. The fourth-order valence-electron chi connectivity index (χ4n) is 4.70. The Morgan fingerprint density at radius 3 is 2.30 bits per heavy atom. The smallest absolute Gasteiger partial charge is 0.261 e. The molecule has 190 valence electrons. The molecular formula is C29H28ClN3O3S. The maximum atomic E-state index is 13.0. The van der Waals surface area contributed by atoms with Gasteiger partial charge in [0, 0.05) is 28.6 Å². The first-order valence-corrected chi connectivity index (χ1v) is 14.1. The van der Waals surface area contributed by atoms with Gasteiger partial charge in [0.2, 0.25) is 5.91 Å². The number of sulfonamides is 1. The number of fused-ring (bicyclic) bond motifs is 1. The lowest BCUT2D eigenvalue weighted by Gasteiger charge is -2.31. The Labute approximate surface area is 222 Å². The summed E-state index contributed by atoms with van der Waals surface area (Å²) in [6.07, 6.45) is 1.52. The van der Waals surface area contributed by atoms with Crippen LogP contribution in [0.25, 0.3) is 10.8 Å². The number of nitrogens with one attached hydrogen (secondary N) is 2. The second kappa shape index (κ2) is 10.9. The average molecular weight is 534 g/mol. The fraction of sp³-hybridized carbons (Fsp3) is 0.207. The highest BCUT2D eigenvalue weighted by molar-refractivity contribution is 7.92. The third-order valence-electron chi connectivity index (χ3n) is 6.78.